The van der Waals surface area contributed by atoms with E-state index in [0.717, 1.165) is 17.8 Å². The van der Waals surface area contributed by atoms with E-state index in [1.807, 2.05) is 0 Å². The third-order valence-electron chi connectivity index (χ3n) is 4.15. The van der Waals surface area contributed by atoms with Gasteiger partial charge in [-0.25, -0.2) is 0 Å². The Morgan fingerprint density at radius 2 is 1.58 bits per heavy atom. The molecule has 2 aliphatic rings. The second kappa shape index (κ2) is 2.75. The number of fused-ring (bicyclic) bond motifs is 2. The van der Waals surface area contributed by atoms with Crippen molar-refractivity contribution >= 4 is 0 Å². The van der Waals surface area contributed by atoms with E-state index < -0.39 is 0 Å². The molecule has 2 bridgehead atoms. The van der Waals surface area contributed by atoms with Crippen LogP contribution in [0, 0.1) is 23.2 Å². The molecule has 0 aromatic rings. The number of hydrogen-bond acceptors (Lipinski definition) is 0. The van der Waals surface area contributed by atoms with Gasteiger partial charge in [-0.2, -0.15) is 0 Å². The van der Waals surface area contributed by atoms with Gasteiger partial charge in [0.15, 0.2) is 0 Å². The zero-order valence-corrected chi connectivity index (χ0v) is 8.77. The van der Waals surface area contributed by atoms with Gasteiger partial charge in [0.2, 0.25) is 0 Å². The summed E-state index contributed by atoms with van der Waals surface area (Å²) in [6.45, 7) is 7.28. The maximum Gasteiger partial charge on any atom is -0.0337 e. The minimum atomic E-state index is 0.569. The fraction of sp³-hybridized carbons (Fsp3) is 1.00. The number of rotatable bonds is 0. The molecule has 12 heavy (non-hydrogen) atoms. The second-order valence-corrected chi connectivity index (χ2v) is 5.99. The molecule has 0 aliphatic heterocycles. The molecule has 0 saturated heterocycles. The van der Waals surface area contributed by atoms with Crippen LogP contribution in [0.2, 0.25) is 0 Å². The Morgan fingerprint density at radius 1 is 0.917 bits per heavy atom. The normalized spacial score (nSPS) is 41.8. The first-order valence-electron chi connectivity index (χ1n) is 5.57. The molecular weight excluding hydrogens is 144 g/mol. The zero-order valence-electron chi connectivity index (χ0n) is 8.77. The Labute approximate surface area is 76.7 Å². The molecule has 3 atom stereocenters. The molecule has 0 radical (unpaired) electrons. The lowest BCUT2D eigenvalue weighted by atomic mass is 9.67. The van der Waals surface area contributed by atoms with Crippen molar-refractivity contribution in [2.75, 3.05) is 0 Å². The van der Waals surface area contributed by atoms with Crippen LogP contribution in [-0.4, -0.2) is 0 Å². The fourth-order valence-corrected chi connectivity index (χ4v) is 3.53. The van der Waals surface area contributed by atoms with Crippen molar-refractivity contribution < 1.29 is 0 Å². The first-order valence-corrected chi connectivity index (χ1v) is 5.57. The SMILES string of the molecule is CC(C)(C)C1CCC2CCC1C2. The monoisotopic (exact) mass is 166 g/mol. The van der Waals surface area contributed by atoms with Crippen LogP contribution < -0.4 is 0 Å². The molecule has 2 aliphatic carbocycles. The van der Waals surface area contributed by atoms with Crippen molar-refractivity contribution in [1.82, 2.24) is 0 Å². The van der Waals surface area contributed by atoms with Crippen molar-refractivity contribution in [3.63, 3.8) is 0 Å². The van der Waals surface area contributed by atoms with Gasteiger partial charge in [-0.15, -0.1) is 0 Å². The summed E-state index contributed by atoms with van der Waals surface area (Å²) in [4.78, 5) is 0. The van der Waals surface area contributed by atoms with E-state index >= 15 is 0 Å². The van der Waals surface area contributed by atoms with Crippen LogP contribution in [0.15, 0.2) is 0 Å². The molecule has 2 saturated carbocycles. The van der Waals surface area contributed by atoms with E-state index in [0.29, 0.717) is 5.41 Å². The van der Waals surface area contributed by atoms with Crippen molar-refractivity contribution in [3.05, 3.63) is 0 Å². The van der Waals surface area contributed by atoms with Gasteiger partial charge in [0.25, 0.3) is 0 Å². The van der Waals surface area contributed by atoms with E-state index in [-0.39, 0.29) is 0 Å². The highest BCUT2D eigenvalue weighted by Crippen LogP contribution is 2.51. The molecule has 0 heteroatoms. The van der Waals surface area contributed by atoms with Crippen LogP contribution >= 0.6 is 0 Å². The Balaban J connectivity index is 2.07. The maximum atomic E-state index is 2.43. The first-order chi connectivity index (χ1) is 5.57. The Morgan fingerprint density at radius 3 is 2.25 bits per heavy atom. The van der Waals surface area contributed by atoms with Gasteiger partial charge < -0.3 is 0 Å². The van der Waals surface area contributed by atoms with Gasteiger partial charge in [0.1, 0.15) is 0 Å². The second-order valence-electron chi connectivity index (χ2n) is 5.99. The number of hydrogen-bond donors (Lipinski definition) is 0. The highest BCUT2D eigenvalue weighted by molar-refractivity contribution is 4.91. The summed E-state index contributed by atoms with van der Waals surface area (Å²) in [6, 6.07) is 0. The van der Waals surface area contributed by atoms with Gasteiger partial charge in [0.05, 0.1) is 0 Å². The Hall–Kier alpha value is 0. The van der Waals surface area contributed by atoms with E-state index in [9.17, 15) is 0 Å². The van der Waals surface area contributed by atoms with E-state index in [1.165, 1.54) is 25.7 Å². The van der Waals surface area contributed by atoms with Gasteiger partial charge >= 0.3 is 0 Å². The summed E-state index contributed by atoms with van der Waals surface area (Å²) < 4.78 is 0. The van der Waals surface area contributed by atoms with Crippen molar-refractivity contribution in [3.8, 4) is 0 Å². The molecule has 2 fully saturated rings. The molecule has 0 spiro atoms. The van der Waals surface area contributed by atoms with Gasteiger partial charge in [0, 0.05) is 0 Å². The van der Waals surface area contributed by atoms with Crippen LogP contribution in [0.3, 0.4) is 0 Å². The summed E-state index contributed by atoms with van der Waals surface area (Å²) in [5.74, 6) is 3.23. The van der Waals surface area contributed by atoms with E-state index in [4.69, 9.17) is 0 Å². The fourth-order valence-electron chi connectivity index (χ4n) is 3.53. The van der Waals surface area contributed by atoms with Crippen molar-refractivity contribution in [2.24, 2.45) is 23.2 Å². The standard InChI is InChI=1S/C12H22/c1-12(2,3)11-7-5-9-4-6-10(11)8-9/h9-11H,4-8H2,1-3H3. The smallest absolute Gasteiger partial charge is 0.0337 e. The lowest BCUT2D eigenvalue weighted by Crippen LogP contribution is -2.29. The third-order valence-corrected chi connectivity index (χ3v) is 4.15. The van der Waals surface area contributed by atoms with Crippen molar-refractivity contribution in [2.45, 2.75) is 52.9 Å². The summed E-state index contributed by atoms with van der Waals surface area (Å²) in [5, 5.41) is 0. The highest BCUT2D eigenvalue weighted by atomic mass is 14.5. The minimum absolute atomic E-state index is 0.569. The molecule has 3 unspecified atom stereocenters. The molecule has 0 aromatic heterocycles. The van der Waals surface area contributed by atoms with Gasteiger partial charge in [-0.05, 0) is 42.4 Å². The predicted octanol–water partition coefficient (Wildman–Crippen LogP) is 3.86. The highest BCUT2D eigenvalue weighted by Gasteiger charge is 2.40. The summed E-state index contributed by atoms with van der Waals surface area (Å²) in [6.07, 6.45) is 7.67. The largest absolute Gasteiger partial charge is 0.0599 e. The van der Waals surface area contributed by atoms with E-state index in [2.05, 4.69) is 20.8 Å². The van der Waals surface area contributed by atoms with Crippen LogP contribution in [-0.2, 0) is 0 Å². The molecular formula is C12H22. The van der Waals surface area contributed by atoms with Crippen LogP contribution in [0.1, 0.15) is 52.9 Å². The van der Waals surface area contributed by atoms with Crippen LogP contribution in [0.25, 0.3) is 0 Å². The topological polar surface area (TPSA) is 0 Å². The van der Waals surface area contributed by atoms with Crippen LogP contribution in [0.4, 0.5) is 0 Å². The van der Waals surface area contributed by atoms with E-state index in [1.54, 1.807) is 6.42 Å². The molecule has 0 amide bonds. The van der Waals surface area contributed by atoms with Gasteiger partial charge in [-0.1, -0.05) is 33.6 Å². The molecule has 0 N–H and O–H groups in total. The first kappa shape index (κ1) is 8.59. The minimum Gasteiger partial charge on any atom is -0.0599 e. The summed E-state index contributed by atoms with van der Waals surface area (Å²) >= 11 is 0. The quantitative estimate of drug-likeness (QED) is 0.512. The Bertz CT molecular complexity index is 163. The molecule has 2 rings (SSSR count). The molecule has 0 aromatic carbocycles. The third kappa shape index (κ3) is 1.41. The lowest BCUT2D eigenvalue weighted by molar-refractivity contribution is 0.116. The summed E-state index contributed by atoms with van der Waals surface area (Å²) in [5.41, 5.74) is 0.569. The van der Waals surface area contributed by atoms with Gasteiger partial charge in [-0.3, -0.25) is 0 Å². The predicted molar refractivity (Wildman–Crippen MR) is 53.0 cm³/mol. The average Bonchev–Trinajstić information content (AvgIpc) is 2.30. The summed E-state index contributed by atoms with van der Waals surface area (Å²) in [7, 11) is 0. The van der Waals surface area contributed by atoms with Crippen LogP contribution in [0.5, 0.6) is 0 Å². The zero-order chi connectivity index (χ0) is 8.77. The average molecular weight is 166 g/mol. The molecule has 0 nitrogen and oxygen atoms in total. The molecule has 0 heterocycles. The lowest BCUT2D eigenvalue weighted by Gasteiger charge is -2.38. The molecule has 70 valence electrons. The Kier molecular flexibility index (Phi) is 1.97. The van der Waals surface area contributed by atoms with Crippen molar-refractivity contribution in [1.29, 1.82) is 0 Å². The maximum absolute atomic E-state index is 2.43.